The fraction of sp³-hybridized carbons (Fsp3) is 0.500. The summed E-state index contributed by atoms with van der Waals surface area (Å²) in [6.07, 6.45) is 5.93. The van der Waals surface area contributed by atoms with Gasteiger partial charge >= 0.3 is 5.16 Å². The minimum Gasteiger partial charge on any atom is -0.362 e. The van der Waals surface area contributed by atoms with Gasteiger partial charge in [-0.1, -0.05) is 0 Å². The Morgan fingerprint density at radius 1 is 1.75 bits per heavy atom. The van der Waals surface area contributed by atoms with Gasteiger partial charge in [0.2, 0.25) is 0 Å². The normalized spacial score (nSPS) is 14.8. The molecule has 5 nitrogen and oxygen atoms in total. The number of carbonyl (C=O) groups excluding carboxylic acids is 1. The number of aromatic amines is 1. The molecule has 4 N–H and O–H groups in total. The van der Waals surface area contributed by atoms with Gasteiger partial charge in [-0.3, -0.25) is 4.79 Å². The SMILES string of the molecule is CSc1nc(N)c(C(=O)NCC2CC2)c[nH+]1. The van der Waals surface area contributed by atoms with Gasteiger partial charge in [-0.2, -0.15) is 0 Å². The standard InChI is InChI=1S/C10H14N4OS/c1-16-10-13-5-7(8(11)14-10)9(15)12-4-6-2-3-6/h5-6H,2-4H2,1H3,(H,12,15)(H2,11,13,14)/p+1. The van der Waals surface area contributed by atoms with Gasteiger partial charge in [0.1, 0.15) is 11.8 Å². The summed E-state index contributed by atoms with van der Waals surface area (Å²) in [4.78, 5) is 18.7. The lowest BCUT2D eigenvalue weighted by Gasteiger charge is -2.02. The highest BCUT2D eigenvalue weighted by atomic mass is 32.2. The first-order chi connectivity index (χ1) is 7.70. The van der Waals surface area contributed by atoms with Gasteiger partial charge in [0.15, 0.2) is 0 Å². The molecule has 0 atom stereocenters. The van der Waals surface area contributed by atoms with E-state index in [0.29, 0.717) is 16.6 Å². The number of rotatable bonds is 4. The molecule has 0 radical (unpaired) electrons. The number of amides is 1. The van der Waals surface area contributed by atoms with E-state index in [1.165, 1.54) is 24.6 Å². The van der Waals surface area contributed by atoms with Crippen molar-refractivity contribution >= 4 is 23.5 Å². The van der Waals surface area contributed by atoms with Gasteiger partial charge in [-0.15, -0.1) is 0 Å². The summed E-state index contributed by atoms with van der Waals surface area (Å²) in [7, 11) is 0. The van der Waals surface area contributed by atoms with E-state index in [4.69, 9.17) is 5.73 Å². The van der Waals surface area contributed by atoms with Crippen LogP contribution in [0.5, 0.6) is 0 Å². The molecule has 0 aromatic carbocycles. The zero-order valence-electron chi connectivity index (χ0n) is 9.12. The zero-order valence-corrected chi connectivity index (χ0v) is 9.93. The molecule has 86 valence electrons. The van der Waals surface area contributed by atoms with Crippen molar-refractivity contribution < 1.29 is 9.78 Å². The number of hydrogen-bond donors (Lipinski definition) is 2. The van der Waals surface area contributed by atoms with Crippen LogP contribution in [0.25, 0.3) is 0 Å². The van der Waals surface area contributed by atoms with Gasteiger partial charge in [0.25, 0.3) is 11.7 Å². The monoisotopic (exact) mass is 239 g/mol. The highest BCUT2D eigenvalue weighted by Crippen LogP contribution is 2.27. The summed E-state index contributed by atoms with van der Waals surface area (Å²) in [6, 6.07) is 0. The van der Waals surface area contributed by atoms with Crippen molar-refractivity contribution in [3.05, 3.63) is 11.8 Å². The number of carbonyl (C=O) groups is 1. The van der Waals surface area contributed by atoms with E-state index in [0.717, 1.165) is 6.54 Å². The second-order valence-corrected chi connectivity index (χ2v) is 4.66. The molecular weight excluding hydrogens is 224 g/mol. The van der Waals surface area contributed by atoms with Crippen LogP contribution in [0.4, 0.5) is 5.82 Å². The molecule has 0 unspecified atom stereocenters. The molecule has 1 aliphatic carbocycles. The highest BCUT2D eigenvalue weighted by Gasteiger charge is 2.24. The Balaban J connectivity index is 2.03. The summed E-state index contributed by atoms with van der Waals surface area (Å²) in [5.41, 5.74) is 6.13. The van der Waals surface area contributed by atoms with Gasteiger partial charge in [-0.05, 0) is 41.8 Å². The number of anilines is 1. The fourth-order valence-electron chi connectivity index (χ4n) is 1.35. The number of aromatic nitrogens is 2. The smallest absolute Gasteiger partial charge is 0.359 e. The lowest BCUT2D eigenvalue weighted by Crippen LogP contribution is -2.28. The maximum absolute atomic E-state index is 11.7. The first-order valence-electron chi connectivity index (χ1n) is 5.21. The number of H-pyrrole nitrogens is 1. The van der Waals surface area contributed by atoms with Gasteiger partial charge in [0.05, 0.1) is 0 Å². The lowest BCUT2D eigenvalue weighted by molar-refractivity contribution is -0.433. The molecule has 0 spiro atoms. The van der Waals surface area contributed by atoms with Crippen molar-refractivity contribution in [1.29, 1.82) is 0 Å². The quantitative estimate of drug-likeness (QED) is 0.586. The minimum absolute atomic E-state index is 0.152. The number of nitrogens with two attached hydrogens (primary N) is 1. The molecule has 0 aliphatic heterocycles. The summed E-state index contributed by atoms with van der Waals surface area (Å²) < 4.78 is 0. The van der Waals surface area contributed by atoms with Crippen LogP contribution in [-0.2, 0) is 0 Å². The second kappa shape index (κ2) is 4.69. The third kappa shape index (κ3) is 2.63. The Labute approximate surface area is 98.2 Å². The molecule has 16 heavy (non-hydrogen) atoms. The van der Waals surface area contributed by atoms with Gasteiger partial charge in [-0.25, -0.2) is 4.98 Å². The van der Waals surface area contributed by atoms with Crippen LogP contribution in [-0.4, -0.2) is 23.7 Å². The van der Waals surface area contributed by atoms with E-state index >= 15 is 0 Å². The highest BCUT2D eigenvalue weighted by molar-refractivity contribution is 7.98. The molecule has 1 amide bonds. The van der Waals surface area contributed by atoms with Crippen LogP contribution in [0.1, 0.15) is 23.2 Å². The molecule has 1 saturated carbocycles. The van der Waals surface area contributed by atoms with E-state index in [1.807, 2.05) is 6.26 Å². The maximum Gasteiger partial charge on any atom is 0.359 e. The van der Waals surface area contributed by atoms with Crippen LogP contribution in [0, 0.1) is 5.92 Å². The predicted molar refractivity (Wildman–Crippen MR) is 62.0 cm³/mol. The minimum atomic E-state index is -0.152. The van der Waals surface area contributed by atoms with Crippen molar-refractivity contribution in [2.45, 2.75) is 18.0 Å². The number of hydrogen-bond acceptors (Lipinski definition) is 4. The predicted octanol–water partition coefficient (Wildman–Crippen LogP) is 0.340. The largest absolute Gasteiger partial charge is 0.362 e. The van der Waals surface area contributed by atoms with Crippen LogP contribution in [0.3, 0.4) is 0 Å². The molecule has 2 rings (SSSR count). The average molecular weight is 239 g/mol. The van der Waals surface area contributed by atoms with E-state index in [1.54, 1.807) is 6.20 Å². The summed E-state index contributed by atoms with van der Waals surface area (Å²) in [5.74, 6) is 0.782. The lowest BCUT2D eigenvalue weighted by atomic mass is 10.3. The van der Waals surface area contributed by atoms with Crippen LogP contribution in [0.15, 0.2) is 11.4 Å². The zero-order chi connectivity index (χ0) is 11.5. The van der Waals surface area contributed by atoms with Crippen LogP contribution < -0.4 is 16.0 Å². The first-order valence-corrected chi connectivity index (χ1v) is 6.43. The van der Waals surface area contributed by atoms with Crippen molar-refractivity contribution in [1.82, 2.24) is 10.3 Å². The van der Waals surface area contributed by atoms with Crippen molar-refractivity contribution in [2.24, 2.45) is 5.92 Å². The first kappa shape index (κ1) is 11.2. The number of nitrogens with one attached hydrogen (secondary N) is 2. The topological polar surface area (TPSA) is 82.1 Å². The Morgan fingerprint density at radius 3 is 3.06 bits per heavy atom. The molecule has 0 bridgehead atoms. The average Bonchev–Trinajstić information content (AvgIpc) is 3.09. The Kier molecular flexibility index (Phi) is 3.28. The Bertz CT molecular complexity index is 406. The van der Waals surface area contributed by atoms with Crippen LogP contribution in [0.2, 0.25) is 0 Å². The molecule has 1 aromatic heterocycles. The molecule has 1 fully saturated rings. The number of nitrogen functional groups attached to an aromatic ring is 1. The molecule has 0 saturated heterocycles. The third-order valence-electron chi connectivity index (χ3n) is 2.52. The van der Waals surface area contributed by atoms with Crippen molar-refractivity contribution in [3.63, 3.8) is 0 Å². The van der Waals surface area contributed by atoms with Crippen LogP contribution >= 0.6 is 11.8 Å². The van der Waals surface area contributed by atoms with E-state index in [2.05, 4.69) is 15.3 Å². The van der Waals surface area contributed by atoms with E-state index in [-0.39, 0.29) is 11.7 Å². The molecular formula is C10H15N4OS+. The van der Waals surface area contributed by atoms with Gasteiger partial charge < -0.3 is 11.1 Å². The summed E-state index contributed by atoms with van der Waals surface area (Å²) >= 11 is 1.45. The summed E-state index contributed by atoms with van der Waals surface area (Å²) in [5, 5.41) is 3.56. The molecule has 1 aliphatic rings. The maximum atomic E-state index is 11.7. The fourth-order valence-corrected chi connectivity index (χ4v) is 1.72. The molecule has 1 aromatic rings. The van der Waals surface area contributed by atoms with E-state index < -0.39 is 0 Å². The third-order valence-corrected chi connectivity index (χ3v) is 3.12. The number of nitrogens with zero attached hydrogens (tertiary/aromatic N) is 1. The Morgan fingerprint density at radius 2 is 2.50 bits per heavy atom. The molecule has 1 heterocycles. The van der Waals surface area contributed by atoms with Gasteiger partial charge in [0, 0.05) is 6.54 Å². The van der Waals surface area contributed by atoms with Crippen molar-refractivity contribution in [3.8, 4) is 0 Å². The second-order valence-electron chi connectivity index (χ2n) is 3.86. The Hall–Kier alpha value is -1.30. The number of thioether (sulfide) groups is 1. The van der Waals surface area contributed by atoms with Crippen molar-refractivity contribution in [2.75, 3.05) is 18.5 Å². The summed E-state index contributed by atoms with van der Waals surface area (Å²) in [6.45, 7) is 0.739. The van der Waals surface area contributed by atoms with E-state index in [9.17, 15) is 4.79 Å². The molecule has 6 heteroatoms.